The number of H-pyrrole nitrogens is 1. The fourth-order valence-corrected chi connectivity index (χ4v) is 3.05. The largest absolute Gasteiger partial charge is 0.335 e. The highest BCUT2D eigenvalue weighted by molar-refractivity contribution is 7.89. The van der Waals surface area contributed by atoms with Crippen molar-refractivity contribution in [3.05, 3.63) is 47.9 Å². The molecule has 0 saturated carbocycles. The molecule has 0 saturated heterocycles. The summed E-state index contributed by atoms with van der Waals surface area (Å²) in [5, 5.41) is 0.106. The molecule has 1 aromatic heterocycles. The van der Waals surface area contributed by atoms with Crippen LogP contribution in [0.25, 0.3) is 0 Å². The highest BCUT2D eigenvalue weighted by Crippen LogP contribution is 2.24. The number of aromatic amines is 1. The minimum atomic E-state index is -3.54. The van der Waals surface area contributed by atoms with Crippen LogP contribution in [0.15, 0.2) is 41.8 Å². The summed E-state index contributed by atoms with van der Waals surface area (Å²) in [6.07, 6.45) is 2.67. The molecular weight excluding hydrogens is 262 g/mol. The first-order chi connectivity index (χ1) is 8.93. The second-order valence-corrected chi connectivity index (χ2v) is 6.49. The van der Waals surface area contributed by atoms with Crippen LogP contribution in [0.3, 0.4) is 0 Å². The molecule has 0 spiro atoms. The van der Waals surface area contributed by atoms with Crippen LogP contribution in [0.4, 0.5) is 0 Å². The Morgan fingerprint density at radius 3 is 2.42 bits per heavy atom. The van der Waals surface area contributed by atoms with Crippen molar-refractivity contribution in [3.8, 4) is 0 Å². The number of aryl methyl sites for hydroxylation is 1. The molecule has 1 aromatic carbocycles. The van der Waals surface area contributed by atoms with Gasteiger partial charge in [-0.25, -0.2) is 13.4 Å². The molecule has 19 heavy (non-hydrogen) atoms. The molecule has 1 heterocycles. The van der Waals surface area contributed by atoms with E-state index in [1.165, 1.54) is 16.8 Å². The van der Waals surface area contributed by atoms with Crippen molar-refractivity contribution < 1.29 is 8.42 Å². The van der Waals surface area contributed by atoms with E-state index < -0.39 is 10.0 Å². The van der Waals surface area contributed by atoms with Gasteiger partial charge in [-0.3, -0.25) is 0 Å². The van der Waals surface area contributed by atoms with Gasteiger partial charge in [0, 0.05) is 13.1 Å². The van der Waals surface area contributed by atoms with Crippen LogP contribution >= 0.6 is 0 Å². The zero-order chi connectivity index (χ0) is 14.0. The van der Waals surface area contributed by atoms with E-state index in [-0.39, 0.29) is 11.1 Å². The van der Waals surface area contributed by atoms with Crippen molar-refractivity contribution in [2.24, 2.45) is 0 Å². The first kappa shape index (κ1) is 13.8. The summed E-state index contributed by atoms with van der Waals surface area (Å²) in [5.41, 5.74) is 2.10. The lowest BCUT2D eigenvalue weighted by atomic mass is 10.1. The van der Waals surface area contributed by atoms with Gasteiger partial charge in [0.1, 0.15) is 0 Å². The van der Waals surface area contributed by atoms with Gasteiger partial charge in [0.2, 0.25) is 0 Å². The number of hydrogen-bond acceptors (Lipinski definition) is 3. The second-order valence-electron chi connectivity index (χ2n) is 4.52. The zero-order valence-corrected chi connectivity index (χ0v) is 12.0. The number of aromatic nitrogens is 2. The molecule has 0 bridgehead atoms. The van der Waals surface area contributed by atoms with Gasteiger partial charge in [-0.05, 0) is 19.4 Å². The maximum Gasteiger partial charge on any atom is 0.260 e. The Kier molecular flexibility index (Phi) is 3.73. The number of imidazole rings is 1. The summed E-state index contributed by atoms with van der Waals surface area (Å²) in [7, 11) is -1.97. The SMILES string of the molecule is Cc1ccc(C(C)N(C)S(=O)(=O)c2cnc[nH]2)cc1. The van der Waals surface area contributed by atoms with E-state index in [1.807, 2.05) is 38.1 Å². The average molecular weight is 279 g/mol. The third kappa shape index (κ3) is 2.69. The summed E-state index contributed by atoms with van der Waals surface area (Å²) in [5.74, 6) is 0. The van der Waals surface area contributed by atoms with E-state index in [9.17, 15) is 8.42 Å². The molecule has 5 nitrogen and oxygen atoms in total. The van der Waals surface area contributed by atoms with Crippen LogP contribution < -0.4 is 0 Å². The van der Waals surface area contributed by atoms with E-state index in [4.69, 9.17) is 0 Å². The van der Waals surface area contributed by atoms with Crippen LogP contribution in [0.2, 0.25) is 0 Å². The normalized spacial score (nSPS) is 13.7. The van der Waals surface area contributed by atoms with Crippen LogP contribution in [0.5, 0.6) is 0 Å². The minimum absolute atomic E-state index is 0.106. The Morgan fingerprint density at radius 1 is 1.26 bits per heavy atom. The monoisotopic (exact) mass is 279 g/mol. The molecule has 2 aromatic rings. The fourth-order valence-electron chi connectivity index (χ4n) is 1.80. The molecule has 1 unspecified atom stereocenters. The lowest BCUT2D eigenvalue weighted by molar-refractivity contribution is 0.397. The number of nitrogens with one attached hydrogen (secondary N) is 1. The van der Waals surface area contributed by atoms with Gasteiger partial charge in [-0.2, -0.15) is 4.31 Å². The van der Waals surface area contributed by atoms with Crippen LogP contribution in [-0.2, 0) is 10.0 Å². The van der Waals surface area contributed by atoms with E-state index in [0.29, 0.717) is 0 Å². The molecule has 0 aliphatic carbocycles. The summed E-state index contributed by atoms with van der Waals surface area (Å²) in [6.45, 7) is 3.86. The molecule has 102 valence electrons. The standard InChI is InChI=1S/C13H17N3O2S/c1-10-4-6-12(7-5-10)11(2)16(3)19(17,18)13-8-14-9-15-13/h4-9,11H,1-3H3,(H,14,15). The first-order valence-corrected chi connectivity index (χ1v) is 7.40. The molecule has 0 amide bonds. The summed E-state index contributed by atoms with van der Waals surface area (Å²) >= 11 is 0. The first-order valence-electron chi connectivity index (χ1n) is 5.96. The number of hydrogen-bond donors (Lipinski definition) is 1. The maximum atomic E-state index is 12.3. The predicted molar refractivity (Wildman–Crippen MR) is 73.1 cm³/mol. The van der Waals surface area contributed by atoms with Crippen LogP contribution in [0.1, 0.15) is 24.1 Å². The summed E-state index contributed by atoms with van der Waals surface area (Å²) < 4.78 is 26.0. The average Bonchev–Trinajstić information content (AvgIpc) is 2.92. The van der Waals surface area contributed by atoms with Gasteiger partial charge in [0.25, 0.3) is 10.0 Å². The predicted octanol–water partition coefficient (Wildman–Crippen LogP) is 2.10. The van der Waals surface area contributed by atoms with E-state index >= 15 is 0 Å². The lowest BCUT2D eigenvalue weighted by Crippen LogP contribution is -2.30. The Balaban J connectivity index is 2.29. The van der Waals surface area contributed by atoms with Gasteiger partial charge in [-0.15, -0.1) is 0 Å². The van der Waals surface area contributed by atoms with Crippen LogP contribution in [0, 0.1) is 6.92 Å². The number of sulfonamides is 1. The molecule has 2 rings (SSSR count). The van der Waals surface area contributed by atoms with Crippen molar-refractivity contribution in [2.45, 2.75) is 24.9 Å². The van der Waals surface area contributed by atoms with E-state index in [0.717, 1.165) is 11.1 Å². The quantitative estimate of drug-likeness (QED) is 0.932. The molecule has 0 aliphatic heterocycles. The van der Waals surface area contributed by atoms with Crippen molar-refractivity contribution >= 4 is 10.0 Å². The van der Waals surface area contributed by atoms with Crippen molar-refractivity contribution in [3.63, 3.8) is 0 Å². The topological polar surface area (TPSA) is 66.1 Å². The smallest absolute Gasteiger partial charge is 0.260 e. The minimum Gasteiger partial charge on any atom is -0.335 e. The fraction of sp³-hybridized carbons (Fsp3) is 0.308. The number of rotatable bonds is 4. The third-order valence-electron chi connectivity index (χ3n) is 3.24. The van der Waals surface area contributed by atoms with Gasteiger partial charge in [0.05, 0.1) is 12.5 Å². The highest BCUT2D eigenvalue weighted by Gasteiger charge is 2.27. The van der Waals surface area contributed by atoms with Crippen molar-refractivity contribution in [1.29, 1.82) is 0 Å². The second kappa shape index (κ2) is 5.14. The van der Waals surface area contributed by atoms with Crippen molar-refractivity contribution in [2.75, 3.05) is 7.05 Å². The molecule has 6 heteroatoms. The number of benzene rings is 1. The lowest BCUT2D eigenvalue weighted by Gasteiger charge is -2.24. The van der Waals surface area contributed by atoms with Gasteiger partial charge in [0.15, 0.2) is 5.03 Å². The van der Waals surface area contributed by atoms with E-state index in [2.05, 4.69) is 9.97 Å². The molecular formula is C13H17N3O2S. The Morgan fingerprint density at radius 2 is 1.89 bits per heavy atom. The Labute approximate surface area is 113 Å². The molecule has 0 fully saturated rings. The van der Waals surface area contributed by atoms with Gasteiger partial charge >= 0.3 is 0 Å². The van der Waals surface area contributed by atoms with Gasteiger partial charge < -0.3 is 4.98 Å². The summed E-state index contributed by atoms with van der Waals surface area (Å²) in [4.78, 5) is 6.39. The van der Waals surface area contributed by atoms with Crippen LogP contribution in [-0.4, -0.2) is 29.7 Å². The van der Waals surface area contributed by atoms with Crippen molar-refractivity contribution in [1.82, 2.24) is 14.3 Å². The number of nitrogens with zero attached hydrogens (tertiary/aromatic N) is 2. The van der Waals surface area contributed by atoms with E-state index in [1.54, 1.807) is 7.05 Å². The maximum absolute atomic E-state index is 12.3. The Bertz CT molecular complexity index is 633. The van der Waals surface area contributed by atoms with Gasteiger partial charge in [-0.1, -0.05) is 29.8 Å². The Hall–Kier alpha value is -1.66. The molecule has 0 aliphatic rings. The highest BCUT2D eigenvalue weighted by atomic mass is 32.2. The molecule has 0 radical (unpaired) electrons. The molecule has 1 N–H and O–H groups in total. The zero-order valence-electron chi connectivity index (χ0n) is 11.2. The summed E-state index contributed by atoms with van der Waals surface area (Å²) in [6, 6.07) is 7.59. The third-order valence-corrected chi connectivity index (χ3v) is 5.09. The molecule has 1 atom stereocenters.